The number of benzene rings is 1. The van der Waals surface area contributed by atoms with Gasteiger partial charge in [0, 0.05) is 13.1 Å². The van der Waals surface area contributed by atoms with E-state index in [1.54, 1.807) is 0 Å². The molecule has 4 nitrogen and oxygen atoms in total. The van der Waals surface area contributed by atoms with E-state index < -0.39 is 0 Å². The SMILES string of the molecule is CCOc1ccc(CN2CCOCC2CO)cc1. The third-order valence-corrected chi connectivity index (χ3v) is 3.18. The summed E-state index contributed by atoms with van der Waals surface area (Å²) in [4.78, 5) is 2.26. The molecule has 0 saturated carbocycles. The van der Waals surface area contributed by atoms with Gasteiger partial charge in [-0.05, 0) is 24.6 Å². The predicted molar refractivity (Wildman–Crippen MR) is 69.7 cm³/mol. The van der Waals surface area contributed by atoms with Crippen LogP contribution < -0.4 is 4.74 Å². The van der Waals surface area contributed by atoms with Crippen LogP contribution in [-0.4, -0.2) is 49.0 Å². The van der Waals surface area contributed by atoms with Crippen LogP contribution in [0.2, 0.25) is 0 Å². The Morgan fingerprint density at radius 2 is 2.17 bits per heavy atom. The third kappa shape index (κ3) is 3.45. The Labute approximate surface area is 108 Å². The smallest absolute Gasteiger partial charge is 0.119 e. The van der Waals surface area contributed by atoms with Crippen LogP contribution in [0.3, 0.4) is 0 Å². The number of morpholine rings is 1. The van der Waals surface area contributed by atoms with E-state index in [-0.39, 0.29) is 12.6 Å². The minimum atomic E-state index is 0.116. The molecule has 0 bridgehead atoms. The Bertz CT molecular complexity index is 353. The molecule has 0 aliphatic carbocycles. The first-order valence-electron chi connectivity index (χ1n) is 6.48. The molecule has 1 fully saturated rings. The molecule has 2 rings (SSSR count). The molecule has 1 aliphatic heterocycles. The van der Waals surface area contributed by atoms with Crippen molar-refractivity contribution in [1.82, 2.24) is 4.90 Å². The molecule has 1 saturated heterocycles. The van der Waals surface area contributed by atoms with Crippen molar-refractivity contribution in [3.63, 3.8) is 0 Å². The standard InChI is InChI=1S/C14H21NO3/c1-2-18-14-5-3-12(4-6-14)9-15-7-8-17-11-13(15)10-16/h3-6,13,16H,2,7-11H2,1H3. The second kappa shape index (κ2) is 6.73. The maximum Gasteiger partial charge on any atom is 0.119 e. The van der Waals surface area contributed by atoms with Gasteiger partial charge >= 0.3 is 0 Å². The molecule has 0 aromatic heterocycles. The molecule has 1 unspecified atom stereocenters. The zero-order chi connectivity index (χ0) is 12.8. The zero-order valence-electron chi connectivity index (χ0n) is 10.8. The zero-order valence-corrected chi connectivity index (χ0v) is 10.8. The van der Waals surface area contributed by atoms with Crippen LogP contribution in [0.25, 0.3) is 0 Å². The second-order valence-electron chi connectivity index (χ2n) is 4.46. The van der Waals surface area contributed by atoms with E-state index in [1.807, 2.05) is 19.1 Å². The number of aliphatic hydroxyl groups is 1. The van der Waals surface area contributed by atoms with Crippen molar-refractivity contribution in [2.24, 2.45) is 0 Å². The number of hydrogen-bond donors (Lipinski definition) is 1. The highest BCUT2D eigenvalue weighted by molar-refractivity contribution is 5.27. The summed E-state index contributed by atoms with van der Waals surface area (Å²) in [6.07, 6.45) is 0. The minimum absolute atomic E-state index is 0.116. The molecule has 4 heteroatoms. The van der Waals surface area contributed by atoms with Crippen molar-refractivity contribution in [3.8, 4) is 5.75 Å². The quantitative estimate of drug-likeness (QED) is 0.856. The molecule has 0 radical (unpaired) electrons. The summed E-state index contributed by atoms with van der Waals surface area (Å²) in [7, 11) is 0. The fourth-order valence-corrected chi connectivity index (χ4v) is 2.16. The van der Waals surface area contributed by atoms with Gasteiger partial charge in [-0.3, -0.25) is 4.90 Å². The normalized spacial score (nSPS) is 20.9. The Balaban J connectivity index is 1.95. The van der Waals surface area contributed by atoms with Gasteiger partial charge in [-0.2, -0.15) is 0 Å². The van der Waals surface area contributed by atoms with E-state index in [0.717, 1.165) is 25.4 Å². The highest BCUT2D eigenvalue weighted by atomic mass is 16.5. The Morgan fingerprint density at radius 1 is 1.39 bits per heavy atom. The average molecular weight is 251 g/mol. The summed E-state index contributed by atoms with van der Waals surface area (Å²) < 4.78 is 10.8. The van der Waals surface area contributed by atoms with Gasteiger partial charge in [-0.15, -0.1) is 0 Å². The van der Waals surface area contributed by atoms with Crippen LogP contribution in [0.15, 0.2) is 24.3 Å². The van der Waals surface area contributed by atoms with Crippen LogP contribution in [0.5, 0.6) is 5.75 Å². The first-order chi connectivity index (χ1) is 8.83. The largest absolute Gasteiger partial charge is 0.494 e. The lowest BCUT2D eigenvalue weighted by atomic mass is 10.1. The van der Waals surface area contributed by atoms with Crippen LogP contribution in [-0.2, 0) is 11.3 Å². The van der Waals surface area contributed by atoms with Gasteiger partial charge < -0.3 is 14.6 Å². The summed E-state index contributed by atoms with van der Waals surface area (Å²) in [5.74, 6) is 0.905. The molecule has 1 atom stereocenters. The summed E-state index contributed by atoms with van der Waals surface area (Å²) in [6, 6.07) is 8.26. The number of hydrogen-bond acceptors (Lipinski definition) is 4. The molecule has 1 aliphatic rings. The van der Waals surface area contributed by atoms with E-state index in [4.69, 9.17) is 9.47 Å². The fraction of sp³-hybridized carbons (Fsp3) is 0.571. The van der Waals surface area contributed by atoms with Crippen molar-refractivity contribution in [2.75, 3.05) is 33.0 Å². The molecule has 0 amide bonds. The van der Waals surface area contributed by atoms with E-state index >= 15 is 0 Å². The maximum absolute atomic E-state index is 9.31. The topological polar surface area (TPSA) is 41.9 Å². The molecular weight excluding hydrogens is 230 g/mol. The predicted octanol–water partition coefficient (Wildman–Crippen LogP) is 1.28. The van der Waals surface area contributed by atoms with E-state index in [9.17, 15) is 5.11 Å². The second-order valence-corrected chi connectivity index (χ2v) is 4.46. The minimum Gasteiger partial charge on any atom is -0.494 e. The number of ether oxygens (including phenoxy) is 2. The fourth-order valence-electron chi connectivity index (χ4n) is 2.16. The van der Waals surface area contributed by atoms with Crippen LogP contribution in [0, 0.1) is 0 Å². The molecule has 0 spiro atoms. The highest BCUT2D eigenvalue weighted by Crippen LogP contribution is 2.16. The van der Waals surface area contributed by atoms with Crippen LogP contribution in [0.4, 0.5) is 0 Å². The summed E-state index contributed by atoms with van der Waals surface area (Å²) in [5.41, 5.74) is 1.24. The Morgan fingerprint density at radius 3 is 2.83 bits per heavy atom. The average Bonchev–Trinajstić information content (AvgIpc) is 2.42. The lowest BCUT2D eigenvalue weighted by Gasteiger charge is -2.34. The Kier molecular flexibility index (Phi) is 4.99. The summed E-state index contributed by atoms with van der Waals surface area (Å²) in [6.45, 7) is 5.90. The lowest BCUT2D eigenvalue weighted by Crippen LogP contribution is -2.46. The van der Waals surface area contributed by atoms with Gasteiger partial charge in [-0.1, -0.05) is 12.1 Å². The van der Waals surface area contributed by atoms with Gasteiger partial charge in [0.15, 0.2) is 0 Å². The van der Waals surface area contributed by atoms with Crippen molar-refractivity contribution in [1.29, 1.82) is 0 Å². The van der Waals surface area contributed by atoms with Gasteiger partial charge in [0.2, 0.25) is 0 Å². The van der Waals surface area contributed by atoms with Crippen LogP contribution >= 0.6 is 0 Å². The number of nitrogens with zero attached hydrogens (tertiary/aromatic N) is 1. The van der Waals surface area contributed by atoms with Gasteiger partial charge in [-0.25, -0.2) is 0 Å². The summed E-state index contributed by atoms with van der Waals surface area (Å²) in [5, 5.41) is 9.31. The molecule has 1 aromatic carbocycles. The molecule has 1 N–H and O–H groups in total. The molecule has 100 valence electrons. The number of rotatable bonds is 5. The molecular formula is C14H21NO3. The highest BCUT2D eigenvalue weighted by Gasteiger charge is 2.21. The Hall–Kier alpha value is -1.10. The molecule has 1 heterocycles. The third-order valence-electron chi connectivity index (χ3n) is 3.18. The van der Waals surface area contributed by atoms with E-state index in [0.29, 0.717) is 13.2 Å². The van der Waals surface area contributed by atoms with Crippen molar-refractivity contribution in [3.05, 3.63) is 29.8 Å². The van der Waals surface area contributed by atoms with E-state index in [2.05, 4.69) is 17.0 Å². The molecule has 18 heavy (non-hydrogen) atoms. The molecule has 1 aromatic rings. The first kappa shape index (κ1) is 13.3. The van der Waals surface area contributed by atoms with Crippen molar-refractivity contribution >= 4 is 0 Å². The maximum atomic E-state index is 9.31. The van der Waals surface area contributed by atoms with Crippen molar-refractivity contribution in [2.45, 2.75) is 19.5 Å². The van der Waals surface area contributed by atoms with Crippen LogP contribution in [0.1, 0.15) is 12.5 Å². The van der Waals surface area contributed by atoms with Gasteiger partial charge in [0.25, 0.3) is 0 Å². The summed E-state index contributed by atoms with van der Waals surface area (Å²) >= 11 is 0. The van der Waals surface area contributed by atoms with Gasteiger partial charge in [0.1, 0.15) is 5.75 Å². The number of aliphatic hydroxyl groups excluding tert-OH is 1. The van der Waals surface area contributed by atoms with Crippen molar-refractivity contribution < 1.29 is 14.6 Å². The van der Waals surface area contributed by atoms with E-state index in [1.165, 1.54) is 5.56 Å². The lowest BCUT2D eigenvalue weighted by molar-refractivity contribution is -0.0312. The van der Waals surface area contributed by atoms with Gasteiger partial charge in [0.05, 0.1) is 32.5 Å². The monoisotopic (exact) mass is 251 g/mol. The first-order valence-corrected chi connectivity index (χ1v) is 6.48.